The van der Waals surface area contributed by atoms with Crippen LogP contribution in [0.2, 0.25) is 0 Å². The monoisotopic (exact) mass is 413 g/mol. The van der Waals surface area contributed by atoms with Gasteiger partial charge in [-0.25, -0.2) is 4.79 Å². The van der Waals surface area contributed by atoms with Crippen LogP contribution in [0, 0.1) is 0 Å². The predicted molar refractivity (Wildman–Crippen MR) is 125 cm³/mol. The van der Waals surface area contributed by atoms with E-state index in [2.05, 4.69) is 41.3 Å². The zero-order chi connectivity index (χ0) is 21.6. The molecule has 0 unspecified atom stereocenters. The quantitative estimate of drug-likeness (QED) is 0.435. The normalized spacial score (nSPS) is 11.1. The van der Waals surface area contributed by atoms with Gasteiger partial charge in [0.2, 0.25) is 0 Å². The van der Waals surface area contributed by atoms with E-state index in [1.165, 1.54) is 11.1 Å². The van der Waals surface area contributed by atoms with Gasteiger partial charge in [-0.1, -0.05) is 42.5 Å². The molecule has 0 saturated heterocycles. The first kappa shape index (κ1) is 20.7. The zero-order valence-corrected chi connectivity index (χ0v) is 17.9. The third-order valence-corrected chi connectivity index (χ3v) is 5.16. The van der Waals surface area contributed by atoms with Crippen molar-refractivity contribution >= 4 is 0 Å². The minimum Gasteiger partial charge on any atom is -0.492 e. The highest BCUT2D eigenvalue weighted by atomic mass is 16.5. The molecule has 4 aromatic rings. The van der Waals surface area contributed by atoms with E-state index in [1.807, 2.05) is 56.6 Å². The van der Waals surface area contributed by atoms with E-state index in [0.717, 1.165) is 30.1 Å². The lowest BCUT2D eigenvalue weighted by Crippen LogP contribution is -2.21. The van der Waals surface area contributed by atoms with Gasteiger partial charge >= 0.3 is 5.69 Å². The SMILES string of the molecule is CN(C)CCOc1ccc(-n2ccn(-c3ccc(Cc4ccccc4)cc3)c2=O)cc1. The number of hydrogen-bond acceptors (Lipinski definition) is 3. The number of likely N-dealkylation sites (N-methyl/N-ethyl adjacent to an activating group) is 1. The highest BCUT2D eigenvalue weighted by molar-refractivity contribution is 5.40. The first-order valence-electron chi connectivity index (χ1n) is 10.4. The Morgan fingerprint density at radius 1 is 0.742 bits per heavy atom. The van der Waals surface area contributed by atoms with E-state index in [0.29, 0.717) is 6.61 Å². The van der Waals surface area contributed by atoms with Gasteiger partial charge < -0.3 is 9.64 Å². The number of imidazole rings is 1. The molecule has 1 heterocycles. The maximum Gasteiger partial charge on any atom is 0.337 e. The van der Waals surface area contributed by atoms with Crippen LogP contribution in [0.1, 0.15) is 11.1 Å². The van der Waals surface area contributed by atoms with E-state index in [9.17, 15) is 4.79 Å². The Bertz CT molecular complexity index is 1160. The van der Waals surface area contributed by atoms with Crippen LogP contribution in [0.4, 0.5) is 0 Å². The van der Waals surface area contributed by atoms with Crippen molar-refractivity contribution in [3.63, 3.8) is 0 Å². The lowest BCUT2D eigenvalue weighted by Gasteiger charge is -2.11. The lowest BCUT2D eigenvalue weighted by atomic mass is 10.0. The van der Waals surface area contributed by atoms with Crippen LogP contribution in [-0.2, 0) is 6.42 Å². The van der Waals surface area contributed by atoms with Crippen molar-refractivity contribution in [1.29, 1.82) is 0 Å². The van der Waals surface area contributed by atoms with Crippen molar-refractivity contribution in [2.24, 2.45) is 0 Å². The van der Waals surface area contributed by atoms with Crippen molar-refractivity contribution < 1.29 is 4.74 Å². The molecule has 5 nitrogen and oxygen atoms in total. The number of nitrogens with zero attached hydrogens (tertiary/aromatic N) is 3. The molecule has 0 spiro atoms. The van der Waals surface area contributed by atoms with Crippen LogP contribution in [0.25, 0.3) is 11.4 Å². The molecule has 0 aliphatic carbocycles. The molecule has 5 heteroatoms. The number of aromatic nitrogens is 2. The van der Waals surface area contributed by atoms with Crippen LogP contribution in [-0.4, -0.2) is 41.3 Å². The van der Waals surface area contributed by atoms with E-state index in [-0.39, 0.29) is 5.69 Å². The highest BCUT2D eigenvalue weighted by Gasteiger charge is 2.08. The molecule has 0 N–H and O–H groups in total. The summed E-state index contributed by atoms with van der Waals surface area (Å²) in [5.74, 6) is 0.798. The minimum atomic E-state index is -0.0999. The highest BCUT2D eigenvalue weighted by Crippen LogP contribution is 2.16. The van der Waals surface area contributed by atoms with Gasteiger partial charge in [0, 0.05) is 18.9 Å². The molecule has 31 heavy (non-hydrogen) atoms. The average molecular weight is 414 g/mol. The zero-order valence-electron chi connectivity index (χ0n) is 17.9. The molecule has 0 atom stereocenters. The molecule has 0 saturated carbocycles. The van der Waals surface area contributed by atoms with Crippen molar-refractivity contribution in [2.45, 2.75) is 6.42 Å². The second-order valence-corrected chi connectivity index (χ2v) is 7.80. The lowest BCUT2D eigenvalue weighted by molar-refractivity contribution is 0.261. The van der Waals surface area contributed by atoms with Crippen LogP contribution >= 0.6 is 0 Å². The number of ether oxygens (including phenoxy) is 1. The third kappa shape index (κ3) is 5.13. The third-order valence-electron chi connectivity index (χ3n) is 5.16. The molecule has 4 rings (SSSR count). The molecule has 0 fully saturated rings. The van der Waals surface area contributed by atoms with Gasteiger partial charge in [-0.15, -0.1) is 0 Å². The van der Waals surface area contributed by atoms with Gasteiger partial charge in [-0.2, -0.15) is 0 Å². The Morgan fingerprint density at radius 3 is 1.87 bits per heavy atom. The van der Waals surface area contributed by atoms with Crippen molar-refractivity contribution in [2.75, 3.05) is 27.2 Å². The molecule has 158 valence electrons. The van der Waals surface area contributed by atoms with Crippen molar-refractivity contribution in [1.82, 2.24) is 14.0 Å². The molecule has 0 aliphatic heterocycles. The van der Waals surface area contributed by atoms with E-state index >= 15 is 0 Å². The fourth-order valence-electron chi connectivity index (χ4n) is 3.42. The van der Waals surface area contributed by atoms with Gasteiger partial charge in [0.05, 0.1) is 11.4 Å². The molecule has 3 aromatic carbocycles. The summed E-state index contributed by atoms with van der Waals surface area (Å²) in [6.45, 7) is 1.48. The van der Waals surface area contributed by atoms with Gasteiger partial charge in [-0.05, 0) is 68.0 Å². The second kappa shape index (κ2) is 9.49. The van der Waals surface area contributed by atoms with E-state index in [1.54, 1.807) is 21.5 Å². The van der Waals surface area contributed by atoms with Crippen LogP contribution in [0.15, 0.2) is 96.1 Å². The Labute approximate surface area is 182 Å². The summed E-state index contributed by atoms with van der Waals surface area (Å²) < 4.78 is 9.03. The van der Waals surface area contributed by atoms with Gasteiger partial charge in [0.1, 0.15) is 12.4 Å². The average Bonchev–Trinajstić information content (AvgIpc) is 3.16. The van der Waals surface area contributed by atoms with Gasteiger partial charge in [0.15, 0.2) is 0 Å². The number of hydrogen-bond donors (Lipinski definition) is 0. The molecule has 1 aromatic heterocycles. The van der Waals surface area contributed by atoms with Crippen LogP contribution in [0.5, 0.6) is 5.75 Å². The Balaban J connectivity index is 1.47. The summed E-state index contributed by atoms with van der Waals surface area (Å²) in [6.07, 6.45) is 4.47. The molecular weight excluding hydrogens is 386 g/mol. The van der Waals surface area contributed by atoms with Crippen molar-refractivity contribution in [3.8, 4) is 17.1 Å². The van der Waals surface area contributed by atoms with Gasteiger partial charge in [-0.3, -0.25) is 9.13 Å². The molecule has 0 radical (unpaired) electrons. The predicted octanol–water partition coefficient (Wildman–Crippen LogP) is 4.16. The fraction of sp³-hybridized carbons (Fsp3) is 0.192. The molecule has 0 aliphatic rings. The van der Waals surface area contributed by atoms with Crippen molar-refractivity contribution in [3.05, 3.63) is 113 Å². The first-order valence-corrected chi connectivity index (χ1v) is 10.4. The summed E-state index contributed by atoms with van der Waals surface area (Å²) in [4.78, 5) is 15.0. The molecule has 0 bridgehead atoms. The van der Waals surface area contributed by atoms with E-state index < -0.39 is 0 Å². The Kier molecular flexibility index (Phi) is 6.34. The number of rotatable bonds is 8. The Morgan fingerprint density at radius 2 is 1.29 bits per heavy atom. The minimum absolute atomic E-state index is 0.0999. The summed E-state index contributed by atoms with van der Waals surface area (Å²) in [6, 6.07) is 26.1. The Hall–Kier alpha value is -3.57. The molecule has 0 amide bonds. The summed E-state index contributed by atoms with van der Waals surface area (Å²) in [5, 5.41) is 0. The smallest absolute Gasteiger partial charge is 0.337 e. The topological polar surface area (TPSA) is 39.4 Å². The van der Waals surface area contributed by atoms with Gasteiger partial charge in [0.25, 0.3) is 0 Å². The molecular formula is C26H27N3O2. The fourth-order valence-corrected chi connectivity index (χ4v) is 3.42. The summed E-state index contributed by atoms with van der Waals surface area (Å²) >= 11 is 0. The summed E-state index contributed by atoms with van der Waals surface area (Å²) in [7, 11) is 4.03. The number of benzene rings is 3. The maximum atomic E-state index is 13.0. The second-order valence-electron chi connectivity index (χ2n) is 7.80. The van der Waals surface area contributed by atoms with Crippen LogP contribution in [0.3, 0.4) is 0 Å². The first-order chi connectivity index (χ1) is 15.1. The summed E-state index contributed by atoms with van der Waals surface area (Å²) in [5.41, 5.74) is 4.05. The largest absolute Gasteiger partial charge is 0.492 e. The van der Waals surface area contributed by atoms with Crippen LogP contribution < -0.4 is 10.4 Å². The standard InChI is InChI=1S/C26H27N3O2/c1-27(2)18-19-31-25-14-12-24(13-15-25)29-17-16-28(26(29)30)23-10-8-22(9-11-23)20-21-6-4-3-5-7-21/h3-17H,18-20H2,1-2H3. The maximum absolute atomic E-state index is 13.0. The van der Waals surface area contributed by atoms with E-state index in [4.69, 9.17) is 4.74 Å².